The Kier molecular flexibility index (Phi) is 10.9. The van der Waals surface area contributed by atoms with Gasteiger partial charge >= 0.3 is 11.9 Å². The van der Waals surface area contributed by atoms with Gasteiger partial charge in [0.25, 0.3) is 0 Å². The Hall–Kier alpha value is -5.12. The van der Waals surface area contributed by atoms with Crippen molar-refractivity contribution in [3.8, 4) is 23.0 Å². The van der Waals surface area contributed by atoms with E-state index >= 15 is 0 Å². The second-order valence-corrected chi connectivity index (χ2v) is 11.7. The maximum atomic E-state index is 14.4. The Morgan fingerprint density at radius 1 is 0.681 bits per heavy atom. The van der Waals surface area contributed by atoms with E-state index in [2.05, 4.69) is 4.90 Å². The molecule has 0 saturated carbocycles. The number of carboxylic acid groups (broad SMARTS) is 2. The van der Waals surface area contributed by atoms with Crippen LogP contribution >= 0.6 is 0 Å². The van der Waals surface area contributed by atoms with Crippen molar-refractivity contribution < 1.29 is 38.1 Å². The maximum Gasteiger partial charge on any atom is 0.305 e. The molecule has 47 heavy (non-hydrogen) atoms. The number of anilines is 2. The first-order chi connectivity index (χ1) is 22.7. The summed E-state index contributed by atoms with van der Waals surface area (Å²) in [7, 11) is 0. The minimum Gasteiger partial charge on any atom is -0.481 e. The van der Waals surface area contributed by atoms with Gasteiger partial charge in [-0.1, -0.05) is 30.3 Å². The lowest BCUT2D eigenvalue weighted by atomic mass is 10.1. The molecule has 2 aliphatic rings. The Bertz CT molecular complexity index is 1680. The van der Waals surface area contributed by atoms with Crippen molar-refractivity contribution in [2.45, 2.75) is 57.5 Å². The van der Waals surface area contributed by atoms with Gasteiger partial charge in [-0.15, -0.1) is 0 Å². The number of aryl methyl sites for hydroxylation is 1. The number of carboxylic acids is 2. The van der Waals surface area contributed by atoms with E-state index in [0.29, 0.717) is 17.2 Å². The van der Waals surface area contributed by atoms with Crippen LogP contribution in [0.4, 0.5) is 20.2 Å². The lowest BCUT2D eigenvalue weighted by molar-refractivity contribution is -0.138. The molecular formula is C37H38F2N2O6. The third kappa shape index (κ3) is 8.78. The largest absolute Gasteiger partial charge is 0.481 e. The second kappa shape index (κ2) is 15.4. The SMILES string of the molecule is Cc1ccccc1Oc1ccc(N2CCCC2CC(=O)O)cc1F.O=C(O)CC1CCCN1c1ccc(Oc2ccccc2F)cc1. The second-order valence-electron chi connectivity index (χ2n) is 11.7. The average molecular weight is 645 g/mol. The molecule has 2 fully saturated rings. The van der Waals surface area contributed by atoms with Gasteiger partial charge in [0.15, 0.2) is 23.1 Å². The molecule has 8 nitrogen and oxygen atoms in total. The number of aliphatic carboxylic acids is 2. The zero-order valence-corrected chi connectivity index (χ0v) is 26.1. The number of hydrogen-bond acceptors (Lipinski definition) is 6. The van der Waals surface area contributed by atoms with Gasteiger partial charge in [0.05, 0.1) is 12.8 Å². The topological polar surface area (TPSA) is 99.5 Å². The fourth-order valence-corrected chi connectivity index (χ4v) is 6.08. The van der Waals surface area contributed by atoms with E-state index in [1.165, 1.54) is 12.1 Å². The average Bonchev–Trinajstić information content (AvgIpc) is 3.70. The zero-order valence-electron chi connectivity index (χ0n) is 26.1. The first-order valence-corrected chi connectivity index (χ1v) is 15.7. The molecule has 2 saturated heterocycles. The molecule has 0 aromatic heterocycles. The Morgan fingerprint density at radius 3 is 1.79 bits per heavy atom. The zero-order chi connectivity index (χ0) is 33.3. The lowest BCUT2D eigenvalue weighted by Gasteiger charge is -2.26. The van der Waals surface area contributed by atoms with Crippen LogP contribution in [0, 0.1) is 18.6 Å². The van der Waals surface area contributed by atoms with E-state index in [1.807, 2.05) is 42.2 Å². The van der Waals surface area contributed by atoms with Gasteiger partial charge in [0.2, 0.25) is 0 Å². The summed E-state index contributed by atoms with van der Waals surface area (Å²) in [4.78, 5) is 26.0. The van der Waals surface area contributed by atoms with Crippen molar-refractivity contribution in [3.63, 3.8) is 0 Å². The minimum atomic E-state index is -0.827. The van der Waals surface area contributed by atoms with E-state index in [9.17, 15) is 18.4 Å². The lowest BCUT2D eigenvalue weighted by Crippen LogP contribution is -2.31. The summed E-state index contributed by atoms with van der Waals surface area (Å²) in [6, 6.07) is 25.8. The summed E-state index contributed by atoms with van der Waals surface area (Å²) in [5.41, 5.74) is 2.60. The van der Waals surface area contributed by atoms with Crippen molar-refractivity contribution in [1.82, 2.24) is 0 Å². The molecule has 2 heterocycles. The normalized spacial score (nSPS) is 17.2. The highest BCUT2D eigenvalue weighted by Crippen LogP contribution is 2.34. The highest BCUT2D eigenvalue weighted by atomic mass is 19.1. The number of halogens is 2. The van der Waals surface area contributed by atoms with E-state index in [4.69, 9.17) is 19.7 Å². The highest BCUT2D eigenvalue weighted by Gasteiger charge is 2.28. The van der Waals surface area contributed by atoms with Crippen LogP contribution in [0.1, 0.15) is 44.1 Å². The first-order valence-electron chi connectivity index (χ1n) is 15.7. The van der Waals surface area contributed by atoms with Gasteiger partial charge in [0.1, 0.15) is 11.5 Å². The minimum absolute atomic E-state index is 0.0332. The fraction of sp³-hybridized carbons (Fsp3) is 0.297. The van der Waals surface area contributed by atoms with E-state index in [-0.39, 0.29) is 36.4 Å². The molecule has 246 valence electrons. The molecule has 2 unspecified atom stereocenters. The molecule has 0 spiro atoms. The highest BCUT2D eigenvalue weighted by molar-refractivity contribution is 5.69. The molecule has 2 aliphatic heterocycles. The molecule has 4 aromatic carbocycles. The van der Waals surface area contributed by atoms with Crippen molar-refractivity contribution in [1.29, 1.82) is 0 Å². The molecular weight excluding hydrogens is 606 g/mol. The number of hydrogen-bond donors (Lipinski definition) is 2. The third-order valence-electron chi connectivity index (χ3n) is 8.37. The number of nitrogens with zero attached hydrogens (tertiary/aromatic N) is 2. The molecule has 2 N–H and O–H groups in total. The van der Waals surface area contributed by atoms with Crippen molar-refractivity contribution in [3.05, 3.63) is 108 Å². The number of benzene rings is 4. The van der Waals surface area contributed by atoms with E-state index < -0.39 is 23.6 Å². The van der Waals surface area contributed by atoms with Gasteiger partial charge in [-0.05, 0) is 92.8 Å². The summed E-state index contributed by atoms with van der Waals surface area (Å²) < 4.78 is 39.2. The van der Waals surface area contributed by atoms with E-state index in [1.54, 1.807) is 48.5 Å². The number of para-hydroxylation sites is 2. The van der Waals surface area contributed by atoms with Crippen LogP contribution in [-0.2, 0) is 9.59 Å². The Balaban J connectivity index is 0.000000185. The number of carbonyl (C=O) groups is 2. The van der Waals surface area contributed by atoms with Crippen LogP contribution in [0.25, 0.3) is 0 Å². The molecule has 6 rings (SSSR count). The van der Waals surface area contributed by atoms with Crippen LogP contribution in [0.3, 0.4) is 0 Å². The molecule has 10 heteroatoms. The predicted octanol–water partition coefficient (Wildman–Crippen LogP) is 8.43. The number of ether oxygens (including phenoxy) is 2. The van der Waals surface area contributed by atoms with Crippen molar-refractivity contribution >= 4 is 23.3 Å². The summed E-state index contributed by atoms with van der Waals surface area (Å²) in [6.45, 7) is 3.50. The van der Waals surface area contributed by atoms with Crippen LogP contribution in [0.15, 0.2) is 91.0 Å². The standard InChI is InChI=1S/C19H20FNO3.C18H18FNO3/c1-13-5-2-3-7-17(13)24-18-9-8-15(11-16(18)20)21-10-4-6-14(21)12-19(22)23;19-16-5-1-2-6-17(16)23-15-9-7-13(8-10-15)20-11-3-4-14(20)12-18(21)22/h2-3,5,7-9,11,14H,4,6,10,12H2,1H3,(H,22,23);1-2,5-10,14H,3-4,11-12H2,(H,21,22). The fourth-order valence-electron chi connectivity index (χ4n) is 6.08. The Labute approximate surface area is 272 Å². The molecule has 4 aromatic rings. The van der Waals surface area contributed by atoms with Crippen LogP contribution in [0.2, 0.25) is 0 Å². The van der Waals surface area contributed by atoms with Crippen LogP contribution in [-0.4, -0.2) is 47.3 Å². The Morgan fingerprint density at radius 2 is 1.21 bits per heavy atom. The summed E-state index contributed by atoms with van der Waals surface area (Å²) in [5, 5.41) is 18.0. The monoisotopic (exact) mass is 644 g/mol. The quantitative estimate of drug-likeness (QED) is 0.178. The first kappa shape index (κ1) is 33.2. The van der Waals surface area contributed by atoms with Crippen LogP contribution < -0.4 is 19.3 Å². The predicted molar refractivity (Wildman–Crippen MR) is 176 cm³/mol. The molecule has 0 bridgehead atoms. The maximum absolute atomic E-state index is 14.4. The van der Waals surface area contributed by atoms with Gasteiger partial charge < -0.3 is 29.5 Å². The number of rotatable bonds is 10. The molecule has 2 atom stereocenters. The van der Waals surface area contributed by atoms with Gasteiger partial charge in [-0.3, -0.25) is 9.59 Å². The van der Waals surface area contributed by atoms with Crippen molar-refractivity contribution in [2.75, 3.05) is 22.9 Å². The summed E-state index contributed by atoms with van der Waals surface area (Å²) in [6.07, 6.45) is 3.83. The molecule has 0 aliphatic carbocycles. The van der Waals surface area contributed by atoms with E-state index in [0.717, 1.165) is 50.0 Å². The van der Waals surface area contributed by atoms with Crippen molar-refractivity contribution in [2.24, 2.45) is 0 Å². The smallest absolute Gasteiger partial charge is 0.305 e. The van der Waals surface area contributed by atoms with Gasteiger partial charge in [-0.25, -0.2) is 8.78 Å². The molecule has 0 amide bonds. The summed E-state index contributed by atoms with van der Waals surface area (Å²) >= 11 is 0. The third-order valence-corrected chi connectivity index (χ3v) is 8.37. The van der Waals surface area contributed by atoms with Gasteiger partial charge in [-0.2, -0.15) is 0 Å². The van der Waals surface area contributed by atoms with Gasteiger partial charge in [0, 0.05) is 42.6 Å². The summed E-state index contributed by atoms with van der Waals surface area (Å²) in [5.74, 6) is -0.934. The van der Waals surface area contributed by atoms with Crippen LogP contribution in [0.5, 0.6) is 23.0 Å². The molecule has 0 radical (unpaired) electrons.